The molecule has 2 N–H and O–H groups in total. The van der Waals surface area contributed by atoms with Crippen molar-refractivity contribution in [2.75, 3.05) is 0 Å². The highest BCUT2D eigenvalue weighted by Crippen LogP contribution is 2.41. The predicted molar refractivity (Wildman–Crippen MR) is 66.9 cm³/mol. The van der Waals surface area contributed by atoms with Crippen molar-refractivity contribution < 1.29 is 14.7 Å². The summed E-state index contributed by atoms with van der Waals surface area (Å²) >= 11 is 0. The second-order valence-electron chi connectivity index (χ2n) is 4.85. The van der Waals surface area contributed by atoms with E-state index >= 15 is 0 Å². The summed E-state index contributed by atoms with van der Waals surface area (Å²) in [6.45, 7) is 2.36. The number of carboxylic acids is 1. The molecule has 1 aliphatic rings. The highest BCUT2D eigenvalue weighted by atomic mass is 16.4. The fraction of sp³-hybridized carbons (Fsp3) is 0.429. The first kappa shape index (κ1) is 12.6. The van der Waals surface area contributed by atoms with Crippen LogP contribution in [0.15, 0.2) is 24.3 Å². The number of hydrogen-bond donors (Lipinski definition) is 2. The van der Waals surface area contributed by atoms with E-state index in [1.165, 1.54) is 0 Å². The van der Waals surface area contributed by atoms with Crippen LogP contribution in [0.25, 0.3) is 0 Å². The van der Waals surface area contributed by atoms with Crippen molar-refractivity contribution in [1.82, 2.24) is 5.32 Å². The molecule has 4 nitrogen and oxygen atoms in total. The lowest BCUT2D eigenvalue weighted by molar-refractivity contribution is -0.162. The molecule has 96 valence electrons. The third-order valence-electron chi connectivity index (χ3n) is 3.75. The summed E-state index contributed by atoms with van der Waals surface area (Å²) in [7, 11) is 0. The van der Waals surface area contributed by atoms with Gasteiger partial charge in [0.1, 0.15) is 5.41 Å². The number of carbonyl (C=O) groups is 2. The van der Waals surface area contributed by atoms with Gasteiger partial charge in [0, 0.05) is 6.54 Å². The molecule has 1 saturated carbocycles. The molecule has 0 unspecified atom stereocenters. The van der Waals surface area contributed by atoms with Crippen LogP contribution in [0.5, 0.6) is 0 Å². The van der Waals surface area contributed by atoms with E-state index in [4.69, 9.17) is 5.11 Å². The Morgan fingerprint density at radius 2 is 2.00 bits per heavy atom. The summed E-state index contributed by atoms with van der Waals surface area (Å²) in [4.78, 5) is 23.1. The summed E-state index contributed by atoms with van der Waals surface area (Å²) in [5.41, 5.74) is 0.935. The van der Waals surface area contributed by atoms with Gasteiger partial charge in [-0.15, -0.1) is 0 Å². The Labute approximate surface area is 106 Å². The molecule has 1 aliphatic carbocycles. The third kappa shape index (κ3) is 2.10. The Morgan fingerprint density at radius 3 is 2.50 bits per heavy atom. The first-order chi connectivity index (χ1) is 8.56. The van der Waals surface area contributed by atoms with E-state index in [0.29, 0.717) is 19.4 Å². The molecule has 1 aromatic carbocycles. The molecule has 0 spiro atoms. The zero-order valence-electron chi connectivity index (χ0n) is 10.4. The van der Waals surface area contributed by atoms with Crippen LogP contribution < -0.4 is 5.32 Å². The normalized spacial score (nSPS) is 16.7. The maximum absolute atomic E-state index is 12.0. The topological polar surface area (TPSA) is 66.4 Å². The number of aryl methyl sites for hydroxylation is 1. The Kier molecular flexibility index (Phi) is 3.36. The van der Waals surface area contributed by atoms with Gasteiger partial charge in [0.2, 0.25) is 5.91 Å². The van der Waals surface area contributed by atoms with Gasteiger partial charge in [0.15, 0.2) is 0 Å². The zero-order valence-corrected chi connectivity index (χ0v) is 10.4. The second kappa shape index (κ2) is 4.80. The number of aliphatic carboxylic acids is 1. The van der Waals surface area contributed by atoms with Gasteiger partial charge in [-0.3, -0.25) is 9.59 Å². The Bertz CT molecular complexity index is 478. The Balaban J connectivity index is 2.01. The minimum atomic E-state index is -1.18. The molecule has 1 amide bonds. The summed E-state index contributed by atoms with van der Waals surface area (Å²) in [6, 6.07) is 7.75. The fourth-order valence-corrected chi connectivity index (χ4v) is 2.22. The van der Waals surface area contributed by atoms with E-state index in [-0.39, 0.29) is 5.91 Å². The molecule has 4 heteroatoms. The lowest BCUT2D eigenvalue weighted by Crippen LogP contribution is -2.50. The number of carbonyl (C=O) groups excluding carboxylic acids is 1. The number of amides is 1. The minimum Gasteiger partial charge on any atom is -0.480 e. The monoisotopic (exact) mass is 247 g/mol. The summed E-state index contributed by atoms with van der Waals surface area (Å²) in [5, 5.41) is 11.9. The summed E-state index contributed by atoms with van der Waals surface area (Å²) in [6.07, 6.45) is 1.70. The van der Waals surface area contributed by atoms with Gasteiger partial charge < -0.3 is 10.4 Å². The predicted octanol–water partition coefficient (Wildman–Crippen LogP) is 1.87. The molecule has 0 aromatic heterocycles. The highest BCUT2D eigenvalue weighted by molar-refractivity contribution is 6.02. The molecule has 1 fully saturated rings. The van der Waals surface area contributed by atoms with Crippen molar-refractivity contribution >= 4 is 11.9 Å². The van der Waals surface area contributed by atoms with Crippen LogP contribution in [0.3, 0.4) is 0 Å². The maximum atomic E-state index is 12.0. The van der Waals surface area contributed by atoms with E-state index < -0.39 is 11.4 Å². The number of hydrogen-bond acceptors (Lipinski definition) is 2. The largest absolute Gasteiger partial charge is 0.480 e. The average Bonchev–Trinajstić information content (AvgIpc) is 2.26. The van der Waals surface area contributed by atoms with Crippen molar-refractivity contribution in [3.63, 3.8) is 0 Å². The zero-order chi connectivity index (χ0) is 13.2. The Hall–Kier alpha value is -1.84. The molecule has 0 bridgehead atoms. The van der Waals surface area contributed by atoms with Crippen molar-refractivity contribution in [1.29, 1.82) is 0 Å². The number of rotatable bonds is 4. The van der Waals surface area contributed by atoms with Crippen LogP contribution in [0.1, 0.15) is 30.4 Å². The van der Waals surface area contributed by atoms with Gasteiger partial charge >= 0.3 is 5.97 Å². The van der Waals surface area contributed by atoms with Crippen LogP contribution in [0, 0.1) is 12.3 Å². The molecular weight excluding hydrogens is 230 g/mol. The first-order valence-electron chi connectivity index (χ1n) is 6.12. The van der Waals surface area contributed by atoms with Crippen LogP contribution >= 0.6 is 0 Å². The summed E-state index contributed by atoms with van der Waals surface area (Å²) in [5.74, 6) is -1.36. The minimum absolute atomic E-state index is 0.357. The maximum Gasteiger partial charge on any atom is 0.319 e. The van der Waals surface area contributed by atoms with Gasteiger partial charge in [0.25, 0.3) is 0 Å². The third-order valence-corrected chi connectivity index (χ3v) is 3.75. The van der Waals surface area contributed by atoms with Gasteiger partial charge in [-0.1, -0.05) is 30.7 Å². The van der Waals surface area contributed by atoms with Crippen LogP contribution in [0.4, 0.5) is 0 Å². The van der Waals surface area contributed by atoms with Crippen LogP contribution in [-0.2, 0) is 16.1 Å². The van der Waals surface area contributed by atoms with Crippen LogP contribution in [-0.4, -0.2) is 17.0 Å². The van der Waals surface area contributed by atoms with Crippen molar-refractivity contribution in [2.24, 2.45) is 5.41 Å². The highest BCUT2D eigenvalue weighted by Gasteiger charge is 2.50. The number of carboxylic acid groups (broad SMARTS) is 1. The summed E-state index contributed by atoms with van der Waals surface area (Å²) < 4.78 is 0. The number of nitrogens with one attached hydrogen (secondary N) is 1. The van der Waals surface area contributed by atoms with Crippen LogP contribution in [0.2, 0.25) is 0 Å². The quantitative estimate of drug-likeness (QED) is 0.798. The average molecular weight is 247 g/mol. The van der Waals surface area contributed by atoms with Crippen molar-refractivity contribution in [2.45, 2.75) is 32.7 Å². The smallest absolute Gasteiger partial charge is 0.319 e. The van der Waals surface area contributed by atoms with Crippen molar-refractivity contribution in [3.05, 3.63) is 35.4 Å². The molecule has 0 aliphatic heterocycles. The van der Waals surface area contributed by atoms with Crippen molar-refractivity contribution in [3.8, 4) is 0 Å². The van der Waals surface area contributed by atoms with Gasteiger partial charge in [-0.2, -0.15) is 0 Å². The van der Waals surface area contributed by atoms with E-state index in [1.54, 1.807) is 0 Å². The van der Waals surface area contributed by atoms with E-state index in [1.807, 2.05) is 31.2 Å². The Morgan fingerprint density at radius 1 is 1.33 bits per heavy atom. The molecule has 0 saturated heterocycles. The van der Waals surface area contributed by atoms with E-state index in [0.717, 1.165) is 17.5 Å². The molecule has 0 radical (unpaired) electrons. The van der Waals surface area contributed by atoms with E-state index in [2.05, 4.69) is 5.32 Å². The number of benzene rings is 1. The standard InChI is InChI=1S/C14H17NO3/c1-10-5-2-3-6-11(10)9-15-12(16)14(13(17)18)7-4-8-14/h2-3,5-6H,4,7-9H2,1H3,(H,15,16)(H,17,18). The second-order valence-corrected chi connectivity index (χ2v) is 4.85. The molecular formula is C14H17NO3. The molecule has 0 heterocycles. The molecule has 0 atom stereocenters. The molecule has 18 heavy (non-hydrogen) atoms. The van der Waals surface area contributed by atoms with E-state index in [9.17, 15) is 9.59 Å². The first-order valence-corrected chi connectivity index (χ1v) is 6.12. The fourth-order valence-electron chi connectivity index (χ4n) is 2.22. The van der Waals surface area contributed by atoms with Gasteiger partial charge in [-0.05, 0) is 30.9 Å². The van der Waals surface area contributed by atoms with Gasteiger partial charge in [-0.25, -0.2) is 0 Å². The lowest BCUT2D eigenvalue weighted by atomic mass is 9.68. The SMILES string of the molecule is Cc1ccccc1CNC(=O)C1(C(=O)O)CCC1. The van der Waals surface area contributed by atoms with Gasteiger partial charge in [0.05, 0.1) is 0 Å². The molecule has 1 aromatic rings. The lowest BCUT2D eigenvalue weighted by Gasteiger charge is -2.35. The molecule has 2 rings (SSSR count).